The number of benzene rings is 1. The average Bonchev–Trinajstić information content (AvgIpc) is 2.83. The van der Waals surface area contributed by atoms with E-state index in [0.717, 1.165) is 44.2 Å². The molecule has 0 bridgehead atoms. The molecule has 1 aliphatic carbocycles. The van der Waals surface area contributed by atoms with Crippen molar-refractivity contribution >= 4 is 23.3 Å². The van der Waals surface area contributed by atoms with Gasteiger partial charge < -0.3 is 15.3 Å². The van der Waals surface area contributed by atoms with Crippen LogP contribution in [-0.4, -0.2) is 35.2 Å². The maximum absolute atomic E-state index is 12.5. The second kappa shape index (κ2) is 6.09. The first-order valence-electron chi connectivity index (χ1n) is 8.00. The lowest BCUT2D eigenvalue weighted by atomic mass is 9.77. The molecule has 22 heavy (non-hydrogen) atoms. The lowest BCUT2D eigenvalue weighted by Crippen LogP contribution is -2.50. The molecule has 120 valence electrons. The smallest absolute Gasteiger partial charge is 0.321 e. The lowest BCUT2D eigenvalue weighted by Gasteiger charge is -2.42. The monoisotopic (exact) mass is 322 g/mol. The van der Waals surface area contributed by atoms with Gasteiger partial charge in [0.2, 0.25) is 0 Å². The SMILES string of the molecule is Cc1ccc(NC(=O)N2CCC[C@]3(CCC[C@H]3O)C2)cc1Cl. The number of urea groups is 1. The summed E-state index contributed by atoms with van der Waals surface area (Å²) < 4.78 is 0. The number of aryl methyl sites for hydroxylation is 1. The number of nitrogens with one attached hydrogen (secondary N) is 1. The van der Waals surface area contributed by atoms with E-state index in [0.29, 0.717) is 17.3 Å². The molecule has 0 radical (unpaired) electrons. The van der Waals surface area contributed by atoms with E-state index in [9.17, 15) is 9.90 Å². The van der Waals surface area contributed by atoms with Crippen molar-refractivity contribution in [1.82, 2.24) is 4.90 Å². The third-order valence-electron chi connectivity index (χ3n) is 5.18. The van der Waals surface area contributed by atoms with Crippen molar-refractivity contribution in [3.05, 3.63) is 28.8 Å². The summed E-state index contributed by atoms with van der Waals surface area (Å²) in [5, 5.41) is 13.9. The molecule has 1 aliphatic heterocycles. The number of hydrogen-bond donors (Lipinski definition) is 2. The number of carbonyl (C=O) groups excluding carboxylic acids is 1. The van der Waals surface area contributed by atoms with Crippen molar-refractivity contribution in [1.29, 1.82) is 0 Å². The van der Waals surface area contributed by atoms with Gasteiger partial charge in [0.05, 0.1) is 6.10 Å². The van der Waals surface area contributed by atoms with Crippen LogP contribution in [0.25, 0.3) is 0 Å². The zero-order chi connectivity index (χ0) is 15.7. The van der Waals surface area contributed by atoms with Crippen LogP contribution in [0.1, 0.15) is 37.7 Å². The van der Waals surface area contributed by atoms with Crippen LogP contribution in [0, 0.1) is 12.3 Å². The molecule has 1 saturated carbocycles. The maximum Gasteiger partial charge on any atom is 0.321 e. The van der Waals surface area contributed by atoms with Crippen LogP contribution in [-0.2, 0) is 0 Å². The number of carbonyl (C=O) groups is 1. The Morgan fingerprint density at radius 1 is 1.41 bits per heavy atom. The Hall–Kier alpha value is -1.26. The molecule has 1 heterocycles. The highest BCUT2D eigenvalue weighted by Crippen LogP contribution is 2.45. The molecule has 1 aromatic rings. The standard InChI is InChI=1S/C17H23ClN2O2/c1-12-5-6-13(10-14(12)18)19-16(22)20-9-3-8-17(11-20)7-2-4-15(17)21/h5-6,10,15,21H,2-4,7-9,11H2,1H3,(H,19,22)/t15-,17-/m1/s1. The van der Waals surface area contributed by atoms with Crippen LogP contribution in [0.4, 0.5) is 10.5 Å². The molecular weight excluding hydrogens is 300 g/mol. The van der Waals surface area contributed by atoms with E-state index < -0.39 is 0 Å². The number of hydrogen-bond acceptors (Lipinski definition) is 2. The fourth-order valence-corrected chi connectivity index (χ4v) is 3.98. The molecule has 1 aromatic carbocycles. The first-order valence-corrected chi connectivity index (χ1v) is 8.38. The predicted molar refractivity (Wildman–Crippen MR) is 88.3 cm³/mol. The molecule has 4 nitrogen and oxygen atoms in total. The number of aliphatic hydroxyl groups excluding tert-OH is 1. The van der Waals surface area contributed by atoms with Crippen LogP contribution in [0.5, 0.6) is 0 Å². The van der Waals surface area contributed by atoms with Crippen molar-refractivity contribution in [2.24, 2.45) is 5.41 Å². The van der Waals surface area contributed by atoms with Crippen LogP contribution < -0.4 is 5.32 Å². The molecule has 2 aliphatic rings. The molecule has 2 atom stereocenters. The third-order valence-corrected chi connectivity index (χ3v) is 5.59. The molecule has 1 spiro atoms. The van der Waals surface area contributed by atoms with Crippen molar-refractivity contribution in [2.75, 3.05) is 18.4 Å². The van der Waals surface area contributed by atoms with Crippen molar-refractivity contribution < 1.29 is 9.90 Å². The van der Waals surface area contributed by atoms with Gasteiger partial charge in [-0.1, -0.05) is 24.1 Å². The van der Waals surface area contributed by atoms with Gasteiger partial charge in [-0.2, -0.15) is 0 Å². The summed E-state index contributed by atoms with van der Waals surface area (Å²) in [5.74, 6) is 0. The molecule has 0 unspecified atom stereocenters. The number of likely N-dealkylation sites (tertiary alicyclic amines) is 1. The average molecular weight is 323 g/mol. The Balaban J connectivity index is 1.68. The normalized spacial score (nSPS) is 28.1. The lowest BCUT2D eigenvalue weighted by molar-refractivity contribution is 0.00400. The van der Waals surface area contributed by atoms with Crippen molar-refractivity contribution in [2.45, 2.75) is 45.1 Å². The van der Waals surface area contributed by atoms with Gasteiger partial charge in [-0.05, 0) is 50.3 Å². The highest BCUT2D eigenvalue weighted by Gasteiger charge is 2.45. The Labute approximate surface area is 136 Å². The fourth-order valence-electron chi connectivity index (χ4n) is 3.80. The Morgan fingerprint density at radius 3 is 2.86 bits per heavy atom. The van der Waals surface area contributed by atoms with Crippen LogP contribution in [0.3, 0.4) is 0 Å². The number of rotatable bonds is 1. The van der Waals surface area contributed by atoms with E-state index in [4.69, 9.17) is 11.6 Å². The molecule has 3 rings (SSSR count). The Morgan fingerprint density at radius 2 is 2.18 bits per heavy atom. The summed E-state index contributed by atoms with van der Waals surface area (Å²) >= 11 is 6.10. The largest absolute Gasteiger partial charge is 0.392 e. The second-order valence-corrected chi connectivity index (χ2v) is 7.10. The van der Waals surface area contributed by atoms with Gasteiger partial charge in [0.25, 0.3) is 0 Å². The number of halogens is 1. The third kappa shape index (κ3) is 2.95. The van der Waals surface area contributed by atoms with Gasteiger partial charge in [0, 0.05) is 29.2 Å². The summed E-state index contributed by atoms with van der Waals surface area (Å²) in [6, 6.07) is 5.44. The molecule has 2 amide bonds. The first kappa shape index (κ1) is 15.6. The van der Waals surface area contributed by atoms with Gasteiger partial charge in [-0.25, -0.2) is 4.79 Å². The topological polar surface area (TPSA) is 52.6 Å². The molecular formula is C17H23ClN2O2. The van der Waals surface area contributed by atoms with Crippen LogP contribution in [0.15, 0.2) is 18.2 Å². The maximum atomic E-state index is 12.5. The van der Waals surface area contributed by atoms with Crippen LogP contribution in [0.2, 0.25) is 5.02 Å². The van der Waals surface area contributed by atoms with Gasteiger partial charge in [-0.15, -0.1) is 0 Å². The highest BCUT2D eigenvalue weighted by molar-refractivity contribution is 6.31. The minimum atomic E-state index is -0.267. The van der Waals surface area contributed by atoms with E-state index in [1.54, 1.807) is 6.07 Å². The van der Waals surface area contributed by atoms with Gasteiger partial charge in [0.1, 0.15) is 0 Å². The first-order chi connectivity index (χ1) is 10.5. The minimum absolute atomic E-state index is 0.0828. The number of anilines is 1. The molecule has 2 N–H and O–H groups in total. The van der Waals surface area contributed by atoms with Gasteiger partial charge in [-0.3, -0.25) is 0 Å². The van der Waals surface area contributed by atoms with Crippen molar-refractivity contribution in [3.63, 3.8) is 0 Å². The molecule has 1 saturated heterocycles. The zero-order valence-corrected chi connectivity index (χ0v) is 13.7. The van der Waals surface area contributed by atoms with E-state index in [2.05, 4.69) is 5.32 Å². The van der Waals surface area contributed by atoms with Crippen molar-refractivity contribution in [3.8, 4) is 0 Å². The fraction of sp³-hybridized carbons (Fsp3) is 0.588. The Kier molecular flexibility index (Phi) is 4.33. The van der Waals surface area contributed by atoms with E-state index in [1.807, 2.05) is 24.0 Å². The van der Waals surface area contributed by atoms with Gasteiger partial charge in [0.15, 0.2) is 0 Å². The number of aliphatic hydroxyl groups is 1. The summed E-state index contributed by atoms with van der Waals surface area (Å²) in [5.41, 5.74) is 1.62. The number of piperidine rings is 1. The predicted octanol–water partition coefficient (Wildman–Crippen LogP) is 3.81. The van der Waals surface area contributed by atoms with Gasteiger partial charge >= 0.3 is 6.03 Å². The summed E-state index contributed by atoms with van der Waals surface area (Å²) in [4.78, 5) is 14.3. The number of nitrogens with zero attached hydrogens (tertiary/aromatic N) is 1. The second-order valence-electron chi connectivity index (χ2n) is 6.69. The minimum Gasteiger partial charge on any atom is -0.392 e. The number of amides is 2. The Bertz CT molecular complexity index is 578. The quantitative estimate of drug-likeness (QED) is 0.826. The summed E-state index contributed by atoms with van der Waals surface area (Å²) in [6.07, 6.45) is 4.66. The molecule has 2 fully saturated rings. The highest BCUT2D eigenvalue weighted by atomic mass is 35.5. The molecule has 5 heteroatoms. The molecule has 0 aromatic heterocycles. The van der Waals surface area contributed by atoms with E-state index in [1.165, 1.54) is 0 Å². The summed E-state index contributed by atoms with van der Waals surface area (Å²) in [6.45, 7) is 3.34. The van der Waals surface area contributed by atoms with E-state index >= 15 is 0 Å². The van der Waals surface area contributed by atoms with E-state index in [-0.39, 0.29) is 17.6 Å². The summed E-state index contributed by atoms with van der Waals surface area (Å²) in [7, 11) is 0. The van der Waals surface area contributed by atoms with Crippen LogP contribution >= 0.6 is 11.6 Å². The zero-order valence-electron chi connectivity index (χ0n) is 12.9.